The van der Waals surface area contributed by atoms with Gasteiger partial charge in [-0.05, 0) is 25.0 Å². The second-order valence-electron chi connectivity index (χ2n) is 4.51. The number of rotatable bonds is 2. The zero-order valence-electron chi connectivity index (χ0n) is 10.2. The molecule has 1 aromatic heterocycles. The summed E-state index contributed by atoms with van der Waals surface area (Å²) in [4.78, 5) is 6.41. The van der Waals surface area contributed by atoms with E-state index in [1.807, 2.05) is 0 Å². The molecule has 104 valence electrons. The van der Waals surface area contributed by atoms with Crippen molar-refractivity contribution in [3.05, 3.63) is 16.5 Å². The van der Waals surface area contributed by atoms with Gasteiger partial charge < -0.3 is 4.90 Å². The van der Waals surface area contributed by atoms with Crippen LogP contribution in [0.5, 0.6) is 0 Å². The van der Waals surface area contributed by atoms with Gasteiger partial charge in [-0.1, -0.05) is 11.6 Å². The highest BCUT2D eigenvalue weighted by Gasteiger charge is 2.35. The smallest absolute Gasteiger partial charge is 0.276 e. The summed E-state index contributed by atoms with van der Waals surface area (Å²) in [5.74, 6) is 0.599. The molecule has 0 amide bonds. The van der Waals surface area contributed by atoms with Gasteiger partial charge in [-0.25, -0.2) is 12.7 Å². The molecule has 2 aliphatic heterocycles. The Morgan fingerprint density at radius 2 is 1.95 bits per heavy atom. The highest BCUT2D eigenvalue weighted by Crippen LogP contribution is 2.30. The van der Waals surface area contributed by atoms with Crippen LogP contribution in [-0.2, 0) is 10.0 Å². The Morgan fingerprint density at radius 1 is 1.21 bits per heavy atom. The minimum absolute atomic E-state index is 0.284. The molecule has 0 spiro atoms. The molecule has 0 saturated carbocycles. The van der Waals surface area contributed by atoms with Crippen molar-refractivity contribution in [1.29, 1.82) is 0 Å². The lowest BCUT2D eigenvalue weighted by Gasteiger charge is -2.26. The van der Waals surface area contributed by atoms with E-state index in [1.54, 1.807) is 12.1 Å². The van der Waals surface area contributed by atoms with Gasteiger partial charge in [-0.2, -0.15) is 0 Å². The Morgan fingerprint density at radius 3 is 2.58 bits per heavy atom. The molecule has 19 heavy (non-hydrogen) atoms. The molecule has 1 saturated heterocycles. The quantitative estimate of drug-likeness (QED) is 0.836. The van der Waals surface area contributed by atoms with E-state index in [9.17, 15) is 8.42 Å². The first-order valence-corrected chi connectivity index (χ1v) is 8.80. The van der Waals surface area contributed by atoms with E-state index in [0.29, 0.717) is 23.4 Å². The van der Waals surface area contributed by atoms with E-state index in [-0.39, 0.29) is 4.21 Å². The van der Waals surface area contributed by atoms with Crippen molar-refractivity contribution in [3.8, 4) is 0 Å². The summed E-state index contributed by atoms with van der Waals surface area (Å²) in [6, 6.07) is 3.17. The Kier molecular flexibility index (Phi) is 3.44. The number of hydrogen-bond donors (Lipinski definition) is 0. The molecule has 0 bridgehead atoms. The fourth-order valence-corrected chi connectivity index (χ4v) is 5.41. The van der Waals surface area contributed by atoms with Crippen LogP contribution in [0.25, 0.3) is 0 Å². The summed E-state index contributed by atoms with van der Waals surface area (Å²) in [5, 5.41) is 0. The number of nitrogens with zero attached hydrogens (tertiary/aromatic N) is 3. The molecule has 0 aliphatic carbocycles. The standard InChI is InChI=1S/C11H14ClN3O2S2/c12-9-3-4-10(18-9)19(16,17)15-8-5-13-11(15)14-6-1-2-7-14/h3-4H,1-2,5-8H2. The SMILES string of the molecule is O=S(=O)(c1ccc(Cl)s1)N1CCN=C1N1CCCC1. The molecule has 2 aliphatic rings. The van der Waals surface area contributed by atoms with Crippen LogP contribution >= 0.6 is 22.9 Å². The summed E-state index contributed by atoms with van der Waals surface area (Å²) in [7, 11) is -3.51. The summed E-state index contributed by atoms with van der Waals surface area (Å²) in [6.07, 6.45) is 2.19. The van der Waals surface area contributed by atoms with Crippen molar-refractivity contribution in [3.63, 3.8) is 0 Å². The third-order valence-electron chi connectivity index (χ3n) is 3.26. The monoisotopic (exact) mass is 319 g/mol. The molecule has 0 radical (unpaired) electrons. The fraction of sp³-hybridized carbons (Fsp3) is 0.545. The van der Waals surface area contributed by atoms with Crippen LogP contribution in [-0.4, -0.2) is 49.8 Å². The molecule has 1 aromatic rings. The normalized spacial score (nSPS) is 20.2. The number of sulfonamides is 1. The van der Waals surface area contributed by atoms with Gasteiger partial charge in [0.05, 0.1) is 17.4 Å². The van der Waals surface area contributed by atoms with Gasteiger partial charge in [-0.3, -0.25) is 4.99 Å². The van der Waals surface area contributed by atoms with Crippen LogP contribution in [0.2, 0.25) is 4.34 Å². The average Bonchev–Trinajstić information content (AvgIpc) is 3.09. The maximum Gasteiger partial charge on any atom is 0.276 e. The average molecular weight is 320 g/mol. The van der Waals surface area contributed by atoms with E-state index >= 15 is 0 Å². The number of thiophene rings is 1. The Hall–Kier alpha value is -0.790. The predicted molar refractivity (Wildman–Crippen MR) is 76.3 cm³/mol. The Balaban J connectivity index is 1.90. The first-order valence-electron chi connectivity index (χ1n) is 6.16. The van der Waals surface area contributed by atoms with Crippen LogP contribution in [0.15, 0.2) is 21.3 Å². The molecule has 8 heteroatoms. The summed E-state index contributed by atoms with van der Waals surface area (Å²) in [6.45, 7) is 2.72. The zero-order valence-corrected chi connectivity index (χ0v) is 12.6. The second kappa shape index (κ2) is 4.96. The van der Waals surface area contributed by atoms with Crippen molar-refractivity contribution in [2.75, 3.05) is 26.2 Å². The molecule has 1 fully saturated rings. The van der Waals surface area contributed by atoms with Crippen LogP contribution < -0.4 is 0 Å². The van der Waals surface area contributed by atoms with Crippen molar-refractivity contribution in [2.24, 2.45) is 4.99 Å². The van der Waals surface area contributed by atoms with Crippen LogP contribution in [0.1, 0.15) is 12.8 Å². The van der Waals surface area contributed by atoms with Crippen molar-refractivity contribution >= 4 is 38.9 Å². The first-order chi connectivity index (χ1) is 9.09. The minimum atomic E-state index is -3.51. The van der Waals surface area contributed by atoms with E-state index in [4.69, 9.17) is 11.6 Å². The van der Waals surface area contributed by atoms with E-state index in [0.717, 1.165) is 37.3 Å². The van der Waals surface area contributed by atoms with Crippen LogP contribution in [0, 0.1) is 0 Å². The van der Waals surface area contributed by atoms with E-state index in [2.05, 4.69) is 9.89 Å². The Labute approximate surface area is 121 Å². The van der Waals surface area contributed by atoms with Crippen molar-refractivity contribution in [1.82, 2.24) is 9.21 Å². The summed E-state index contributed by atoms with van der Waals surface area (Å²) < 4.78 is 27.4. The maximum atomic E-state index is 12.6. The van der Waals surface area contributed by atoms with Crippen molar-refractivity contribution < 1.29 is 8.42 Å². The van der Waals surface area contributed by atoms with Gasteiger partial charge in [0.2, 0.25) is 5.96 Å². The number of hydrogen-bond acceptors (Lipinski definition) is 5. The predicted octanol–water partition coefficient (Wildman–Crippen LogP) is 1.86. The van der Waals surface area contributed by atoms with Gasteiger partial charge in [-0.15, -0.1) is 11.3 Å². The lowest BCUT2D eigenvalue weighted by molar-refractivity contribution is 0.453. The second-order valence-corrected chi connectivity index (χ2v) is 8.32. The van der Waals surface area contributed by atoms with Gasteiger partial charge in [0.25, 0.3) is 10.0 Å². The van der Waals surface area contributed by atoms with E-state index in [1.165, 1.54) is 4.31 Å². The highest BCUT2D eigenvalue weighted by molar-refractivity contribution is 7.91. The lowest BCUT2D eigenvalue weighted by atomic mass is 10.4. The summed E-state index contributed by atoms with van der Waals surface area (Å²) in [5.41, 5.74) is 0. The lowest BCUT2D eigenvalue weighted by Crippen LogP contribution is -2.43. The molecule has 0 atom stereocenters. The molecule has 3 rings (SSSR count). The van der Waals surface area contributed by atoms with Gasteiger partial charge in [0, 0.05) is 13.1 Å². The number of likely N-dealkylation sites (tertiary alicyclic amines) is 1. The van der Waals surface area contributed by atoms with Gasteiger partial charge in [0.1, 0.15) is 4.21 Å². The third kappa shape index (κ3) is 2.34. The van der Waals surface area contributed by atoms with Crippen LogP contribution in [0.4, 0.5) is 0 Å². The Bertz CT molecular complexity index is 605. The van der Waals surface area contributed by atoms with Crippen LogP contribution in [0.3, 0.4) is 0 Å². The fourth-order valence-electron chi connectivity index (χ4n) is 2.37. The van der Waals surface area contributed by atoms with E-state index < -0.39 is 10.0 Å². The summed E-state index contributed by atoms with van der Waals surface area (Å²) >= 11 is 6.92. The third-order valence-corrected chi connectivity index (χ3v) is 6.74. The molecule has 5 nitrogen and oxygen atoms in total. The zero-order chi connectivity index (χ0) is 13.5. The topological polar surface area (TPSA) is 53.0 Å². The molecule has 0 aromatic carbocycles. The highest BCUT2D eigenvalue weighted by atomic mass is 35.5. The van der Waals surface area contributed by atoms with Crippen molar-refractivity contribution in [2.45, 2.75) is 17.1 Å². The number of aliphatic imine (C=N–C) groups is 1. The molecule has 0 unspecified atom stereocenters. The molecule has 0 N–H and O–H groups in total. The largest absolute Gasteiger partial charge is 0.342 e. The molecular weight excluding hydrogens is 306 g/mol. The van der Waals surface area contributed by atoms with Gasteiger partial charge >= 0.3 is 0 Å². The minimum Gasteiger partial charge on any atom is -0.342 e. The number of halogens is 1. The van der Waals surface area contributed by atoms with Gasteiger partial charge in [0.15, 0.2) is 0 Å². The maximum absolute atomic E-state index is 12.6. The molecule has 3 heterocycles. The number of guanidine groups is 1. The molecular formula is C11H14ClN3O2S2. The first kappa shape index (κ1) is 13.2.